The maximum atomic E-state index is 8.99. The van der Waals surface area contributed by atoms with E-state index in [9.17, 15) is 0 Å². The van der Waals surface area contributed by atoms with E-state index in [0.29, 0.717) is 11.3 Å². The molecule has 10 nitrogen and oxygen atoms in total. The molecule has 0 fully saturated rings. The van der Waals surface area contributed by atoms with Gasteiger partial charge in [0.15, 0.2) is 28.5 Å². The first-order chi connectivity index (χ1) is 12.3. The summed E-state index contributed by atoms with van der Waals surface area (Å²) in [5.74, 6) is 1.06. The van der Waals surface area contributed by atoms with Gasteiger partial charge in [-0.25, -0.2) is 0 Å². The summed E-state index contributed by atoms with van der Waals surface area (Å²) in [4.78, 5) is 6.62. The number of rotatable bonds is 3. The number of H-pyrrole nitrogens is 2. The number of fused-ring (bicyclic) bond motifs is 1. The Morgan fingerprint density at radius 2 is 1.88 bits per heavy atom. The van der Waals surface area contributed by atoms with Crippen LogP contribution in [0.4, 0.5) is 11.6 Å². The number of imidazole rings is 1. The largest absolute Gasteiger partial charge is 0.312 e. The fraction of sp³-hybridized carbons (Fsp3) is 0.438. The summed E-state index contributed by atoms with van der Waals surface area (Å²) in [7, 11) is 0. The predicted octanol–water partition coefficient (Wildman–Crippen LogP) is 3.36. The predicted molar refractivity (Wildman–Crippen MR) is 92.3 cm³/mol. The summed E-state index contributed by atoms with van der Waals surface area (Å²) in [6.07, 6.45) is 0. The quantitative estimate of drug-likeness (QED) is 0.695. The van der Waals surface area contributed by atoms with Gasteiger partial charge in [0.25, 0.3) is 0 Å². The highest BCUT2D eigenvalue weighted by atomic mass is 15.4. The number of nitrogens with one attached hydrogen (secondary N) is 2. The third-order valence-corrected chi connectivity index (χ3v) is 3.73. The number of hydrogen-bond donors (Lipinski definition) is 2. The molecule has 0 amide bonds. The number of nitriles is 2. The minimum atomic E-state index is -0.270. The lowest BCUT2D eigenvalue weighted by Gasteiger charge is -2.15. The molecule has 3 aromatic heterocycles. The number of nitrogens with zero attached hydrogens (tertiary/aromatic N) is 8. The van der Waals surface area contributed by atoms with Gasteiger partial charge >= 0.3 is 0 Å². The molecule has 0 aliphatic carbocycles. The molecule has 10 heteroatoms. The minimum absolute atomic E-state index is 0.0127. The minimum Gasteiger partial charge on any atom is -0.312 e. The summed E-state index contributed by atoms with van der Waals surface area (Å²) < 4.78 is 1.74. The Morgan fingerprint density at radius 1 is 1.15 bits per heavy atom. The molecule has 0 spiro atoms. The van der Waals surface area contributed by atoms with Crippen molar-refractivity contribution in [3.63, 3.8) is 0 Å². The summed E-state index contributed by atoms with van der Waals surface area (Å²) in [6.45, 7) is 10.2. The van der Waals surface area contributed by atoms with Crippen LogP contribution in [0.15, 0.2) is 10.2 Å². The van der Waals surface area contributed by atoms with Crippen molar-refractivity contribution < 1.29 is 0 Å². The van der Waals surface area contributed by atoms with Crippen molar-refractivity contribution in [2.24, 2.45) is 10.2 Å². The first-order valence-corrected chi connectivity index (χ1v) is 8.05. The molecule has 0 aliphatic rings. The van der Waals surface area contributed by atoms with E-state index in [4.69, 9.17) is 10.5 Å². The second kappa shape index (κ2) is 6.08. The van der Waals surface area contributed by atoms with Crippen LogP contribution >= 0.6 is 0 Å². The lowest BCUT2D eigenvalue weighted by atomic mass is 9.91. The molecule has 132 valence electrons. The second-order valence-corrected chi connectivity index (χ2v) is 7.15. The summed E-state index contributed by atoms with van der Waals surface area (Å²) in [5.41, 5.74) is 1.71. The zero-order valence-electron chi connectivity index (χ0n) is 15.2. The van der Waals surface area contributed by atoms with E-state index in [1.54, 1.807) is 4.52 Å². The van der Waals surface area contributed by atoms with E-state index in [0.717, 1.165) is 11.5 Å². The van der Waals surface area contributed by atoms with Gasteiger partial charge in [0.05, 0.1) is 5.69 Å². The molecule has 0 bridgehead atoms. The van der Waals surface area contributed by atoms with Gasteiger partial charge < -0.3 is 4.98 Å². The molecule has 3 aromatic rings. The SMILES string of the molecule is CC(C)c1n[nH]c2c(N=Nc3nc(C#N)c(C#N)[nH]3)c(C(C)(C)C)nn12. The van der Waals surface area contributed by atoms with Gasteiger partial charge in [-0.15, -0.1) is 10.2 Å². The highest BCUT2D eigenvalue weighted by Crippen LogP contribution is 2.35. The van der Waals surface area contributed by atoms with Crippen LogP contribution in [0.1, 0.15) is 63.4 Å². The molecule has 26 heavy (non-hydrogen) atoms. The zero-order chi connectivity index (χ0) is 19.1. The van der Waals surface area contributed by atoms with E-state index < -0.39 is 0 Å². The maximum Gasteiger partial charge on any atom is 0.249 e. The Hall–Kier alpha value is -3.53. The van der Waals surface area contributed by atoms with E-state index in [-0.39, 0.29) is 28.7 Å². The molecule has 3 heterocycles. The molecule has 0 atom stereocenters. The average molecular weight is 350 g/mol. The number of hydrogen-bond acceptors (Lipinski definition) is 7. The van der Waals surface area contributed by atoms with Crippen molar-refractivity contribution in [3.8, 4) is 12.1 Å². The van der Waals surface area contributed by atoms with Crippen LogP contribution in [-0.2, 0) is 5.41 Å². The fourth-order valence-electron chi connectivity index (χ4n) is 2.47. The molecule has 2 N–H and O–H groups in total. The van der Waals surface area contributed by atoms with E-state index in [1.165, 1.54) is 0 Å². The standard InChI is InChI=1S/C16H18N10/c1-8(2)13-22-23-14-11(12(16(3,4)5)25-26(13)14)21-24-15-19-9(6-17)10(7-18)20-15/h8,23H,1-5H3,(H,19,20). The van der Waals surface area contributed by atoms with Gasteiger partial charge in [-0.05, 0) is 0 Å². The lowest BCUT2D eigenvalue weighted by Crippen LogP contribution is -2.13. The first kappa shape index (κ1) is 17.3. The van der Waals surface area contributed by atoms with Crippen molar-refractivity contribution >= 4 is 17.3 Å². The number of azo groups is 1. The second-order valence-electron chi connectivity index (χ2n) is 7.15. The first-order valence-electron chi connectivity index (χ1n) is 8.05. The molecule has 0 aromatic carbocycles. The molecular weight excluding hydrogens is 332 g/mol. The monoisotopic (exact) mass is 350 g/mol. The van der Waals surface area contributed by atoms with Crippen LogP contribution in [0.5, 0.6) is 0 Å². The Labute approximate surface area is 149 Å². The van der Waals surface area contributed by atoms with Crippen molar-refractivity contribution in [1.82, 2.24) is 29.8 Å². The van der Waals surface area contributed by atoms with E-state index in [1.807, 2.05) is 46.8 Å². The van der Waals surface area contributed by atoms with Crippen LogP contribution in [0.25, 0.3) is 5.65 Å². The highest BCUT2D eigenvalue weighted by molar-refractivity contribution is 5.68. The van der Waals surface area contributed by atoms with Crippen LogP contribution in [0.2, 0.25) is 0 Å². The van der Waals surface area contributed by atoms with Crippen LogP contribution < -0.4 is 0 Å². The normalized spacial score (nSPS) is 12.2. The van der Waals surface area contributed by atoms with Crippen LogP contribution in [0, 0.1) is 22.7 Å². The van der Waals surface area contributed by atoms with Gasteiger partial charge in [0.2, 0.25) is 5.95 Å². The topological polar surface area (TPSA) is 147 Å². The van der Waals surface area contributed by atoms with Gasteiger partial charge in [-0.3, -0.25) is 5.10 Å². The molecular formula is C16H18N10. The zero-order valence-corrected chi connectivity index (χ0v) is 15.2. The Balaban J connectivity index is 2.13. The van der Waals surface area contributed by atoms with Crippen molar-refractivity contribution in [2.45, 2.75) is 46.0 Å². The Morgan fingerprint density at radius 3 is 2.42 bits per heavy atom. The summed E-state index contributed by atoms with van der Waals surface area (Å²) in [6, 6.07) is 3.71. The molecule has 0 saturated carbocycles. The molecule has 0 unspecified atom stereocenters. The van der Waals surface area contributed by atoms with Gasteiger partial charge in [-0.1, -0.05) is 34.6 Å². The van der Waals surface area contributed by atoms with Crippen LogP contribution in [-0.4, -0.2) is 29.8 Å². The van der Waals surface area contributed by atoms with E-state index in [2.05, 4.69) is 35.5 Å². The summed E-state index contributed by atoms with van der Waals surface area (Å²) >= 11 is 0. The smallest absolute Gasteiger partial charge is 0.249 e. The average Bonchev–Trinajstić information content (AvgIpc) is 3.24. The van der Waals surface area contributed by atoms with Gasteiger partial charge in [0.1, 0.15) is 12.1 Å². The van der Waals surface area contributed by atoms with Crippen molar-refractivity contribution in [3.05, 3.63) is 22.9 Å². The summed E-state index contributed by atoms with van der Waals surface area (Å²) in [5, 5.41) is 38.3. The van der Waals surface area contributed by atoms with Crippen molar-refractivity contribution in [2.75, 3.05) is 0 Å². The molecule has 0 saturated heterocycles. The maximum absolute atomic E-state index is 8.99. The Bertz CT molecular complexity index is 1040. The molecule has 3 rings (SSSR count). The third kappa shape index (κ3) is 2.82. The lowest BCUT2D eigenvalue weighted by molar-refractivity contribution is 0.558. The van der Waals surface area contributed by atoms with Gasteiger partial charge in [0, 0.05) is 11.3 Å². The van der Waals surface area contributed by atoms with Crippen molar-refractivity contribution in [1.29, 1.82) is 10.5 Å². The number of aromatic amines is 2. The molecule has 0 radical (unpaired) electrons. The fourth-order valence-corrected chi connectivity index (χ4v) is 2.47. The van der Waals surface area contributed by atoms with E-state index >= 15 is 0 Å². The number of aromatic nitrogens is 6. The van der Waals surface area contributed by atoms with Gasteiger partial charge in [-0.2, -0.15) is 30.2 Å². The highest BCUT2D eigenvalue weighted by Gasteiger charge is 2.27. The molecule has 0 aliphatic heterocycles. The Kier molecular flexibility index (Phi) is 4.04. The van der Waals surface area contributed by atoms with Crippen LogP contribution in [0.3, 0.4) is 0 Å². The third-order valence-electron chi connectivity index (χ3n) is 3.73.